The van der Waals surface area contributed by atoms with Crippen molar-refractivity contribution >= 4 is 11.8 Å². The van der Waals surface area contributed by atoms with Gasteiger partial charge in [-0.05, 0) is 30.7 Å². The maximum atomic E-state index is 12.9. The van der Waals surface area contributed by atoms with Gasteiger partial charge in [-0.15, -0.1) is 0 Å². The fourth-order valence-corrected chi connectivity index (χ4v) is 2.51. The summed E-state index contributed by atoms with van der Waals surface area (Å²) in [4.78, 5) is 8.47. The summed E-state index contributed by atoms with van der Waals surface area (Å²) in [6.07, 6.45) is 3.40. The largest absolute Gasteiger partial charge is 0.431 e. The minimum absolute atomic E-state index is 0.280. The topological polar surface area (TPSA) is 65.0 Å². The first-order valence-electron chi connectivity index (χ1n) is 6.90. The fourth-order valence-electron chi connectivity index (χ4n) is 1.87. The molecule has 3 aromatic rings. The molecule has 0 fully saturated rings. The third-order valence-corrected chi connectivity index (χ3v) is 3.74. The molecule has 0 atom stereocenters. The Bertz CT molecular complexity index is 739. The summed E-state index contributed by atoms with van der Waals surface area (Å²) in [7, 11) is 0. The number of rotatable bonds is 6. The normalized spacial score (nSPS) is 11.0. The molecule has 0 radical (unpaired) electrons. The summed E-state index contributed by atoms with van der Waals surface area (Å²) in [6, 6.07) is 6.08. The zero-order valence-corrected chi connectivity index (χ0v) is 12.8. The molecule has 0 amide bonds. The smallest absolute Gasteiger partial charge is 0.256 e. The van der Waals surface area contributed by atoms with Crippen LogP contribution in [0, 0.1) is 5.82 Å². The minimum atomic E-state index is -0.280. The van der Waals surface area contributed by atoms with Crippen molar-refractivity contribution in [2.75, 3.05) is 0 Å². The summed E-state index contributed by atoms with van der Waals surface area (Å²) in [5.41, 5.74) is 0.781. The van der Waals surface area contributed by atoms with Crippen LogP contribution in [0.1, 0.15) is 25.1 Å². The molecule has 0 aliphatic carbocycles. The number of benzene rings is 1. The fraction of sp³-hybridized carbons (Fsp3) is 0.267. The van der Waals surface area contributed by atoms with E-state index in [1.165, 1.54) is 23.9 Å². The zero-order valence-electron chi connectivity index (χ0n) is 12.0. The van der Waals surface area contributed by atoms with Gasteiger partial charge in [-0.3, -0.25) is 0 Å². The van der Waals surface area contributed by atoms with Gasteiger partial charge in [0.2, 0.25) is 5.89 Å². The molecule has 1 aromatic carbocycles. The highest BCUT2D eigenvalue weighted by Crippen LogP contribution is 2.27. The lowest BCUT2D eigenvalue weighted by molar-refractivity contribution is 0.384. The van der Waals surface area contributed by atoms with Crippen LogP contribution < -0.4 is 0 Å². The Labute approximate surface area is 130 Å². The molecule has 3 rings (SSSR count). The second kappa shape index (κ2) is 6.74. The molecule has 0 saturated heterocycles. The van der Waals surface area contributed by atoms with Gasteiger partial charge in [-0.1, -0.05) is 23.8 Å². The molecule has 0 aliphatic rings. The van der Waals surface area contributed by atoms with E-state index in [1.807, 2.05) is 0 Å². The summed E-state index contributed by atoms with van der Waals surface area (Å²) in [5, 5.41) is 4.40. The van der Waals surface area contributed by atoms with Gasteiger partial charge in [0, 0.05) is 12.0 Å². The lowest BCUT2D eigenvalue weighted by Crippen LogP contribution is -1.86. The molecule has 2 aromatic heterocycles. The molecule has 114 valence electrons. The van der Waals surface area contributed by atoms with Crippen molar-refractivity contribution in [3.8, 4) is 11.3 Å². The lowest BCUT2D eigenvalue weighted by atomic mass is 10.2. The zero-order chi connectivity index (χ0) is 15.4. The molecule has 22 heavy (non-hydrogen) atoms. The quantitative estimate of drug-likeness (QED) is 0.637. The van der Waals surface area contributed by atoms with Crippen molar-refractivity contribution in [2.24, 2.45) is 0 Å². The van der Waals surface area contributed by atoms with Crippen molar-refractivity contribution in [1.29, 1.82) is 0 Å². The highest BCUT2D eigenvalue weighted by Gasteiger charge is 2.10. The highest BCUT2D eigenvalue weighted by atomic mass is 32.2. The Balaban J connectivity index is 1.62. The van der Waals surface area contributed by atoms with Crippen molar-refractivity contribution in [3.05, 3.63) is 48.0 Å². The van der Waals surface area contributed by atoms with Crippen molar-refractivity contribution in [3.63, 3.8) is 0 Å². The molecule has 0 spiro atoms. The van der Waals surface area contributed by atoms with Crippen LogP contribution in [0.5, 0.6) is 0 Å². The van der Waals surface area contributed by atoms with Gasteiger partial charge in [-0.2, -0.15) is 4.98 Å². The number of thioether (sulfide) groups is 1. The van der Waals surface area contributed by atoms with Crippen LogP contribution in [0.15, 0.2) is 44.6 Å². The second-order valence-corrected chi connectivity index (χ2v) is 5.57. The molecular weight excluding hydrogens is 305 g/mol. The van der Waals surface area contributed by atoms with Crippen molar-refractivity contribution in [2.45, 2.75) is 30.7 Å². The Morgan fingerprint density at radius 2 is 2.05 bits per heavy atom. The molecule has 7 heteroatoms. The van der Waals surface area contributed by atoms with Gasteiger partial charge in [0.05, 0.1) is 11.9 Å². The van der Waals surface area contributed by atoms with Gasteiger partial charge in [0.1, 0.15) is 5.82 Å². The molecule has 0 unspecified atom stereocenters. The van der Waals surface area contributed by atoms with Crippen molar-refractivity contribution in [1.82, 2.24) is 15.1 Å². The number of halogens is 1. The van der Waals surface area contributed by atoms with Crippen LogP contribution in [-0.4, -0.2) is 15.1 Å². The molecule has 5 nitrogen and oxygen atoms in total. The van der Waals surface area contributed by atoms with E-state index in [2.05, 4.69) is 22.0 Å². The lowest BCUT2D eigenvalue weighted by Gasteiger charge is -1.95. The van der Waals surface area contributed by atoms with Crippen LogP contribution >= 0.6 is 11.8 Å². The summed E-state index contributed by atoms with van der Waals surface area (Å²) in [6.45, 7) is 2.06. The minimum Gasteiger partial charge on any atom is -0.431 e. The number of oxazole rings is 1. The van der Waals surface area contributed by atoms with E-state index in [0.29, 0.717) is 22.6 Å². The first kappa shape index (κ1) is 14.8. The first-order valence-corrected chi connectivity index (χ1v) is 7.89. The highest BCUT2D eigenvalue weighted by molar-refractivity contribution is 7.98. The predicted octanol–water partition coefficient (Wildman–Crippen LogP) is 4.11. The van der Waals surface area contributed by atoms with Gasteiger partial charge in [-0.25, -0.2) is 9.37 Å². The van der Waals surface area contributed by atoms with Crippen LogP contribution in [0.3, 0.4) is 0 Å². The number of nitrogens with zero attached hydrogens (tertiary/aromatic N) is 3. The van der Waals surface area contributed by atoms with E-state index in [-0.39, 0.29) is 5.82 Å². The average Bonchev–Trinajstić information content (AvgIpc) is 3.16. The summed E-state index contributed by atoms with van der Waals surface area (Å²) in [5.74, 6) is 2.09. The Morgan fingerprint density at radius 1 is 1.23 bits per heavy atom. The number of aromatic nitrogens is 3. The van der Waals surface area contributed by atoms with Crippen LogP contribution in [0.2, 0.25) is 0 Å². The van der Waals surface area contributed by atoms with E-state index in [4.69, 9.17) is 8.94 Å². The van der Waals surface area contributed by atoms with Gasteiger partial charge in [0.25, 0.3) is 5.22 Å². The van der Waals surface area contributed by atoms with Gasteiger partial charge >= 0.3 is 0 Å². The number of hydrogen-bond donors (Lipinski definition) is 0. The Kier molecular flexibility index (Phi) is 4.53. The van der Waals surface area contributed by atoms with E-state index in [1.54, 1.807) is 18.3 Å². The van der Waals surface area contributed by atoms with E-state index in [9.17, 15) is 4.39 Å². The van der Waals surface area contributed by atoms with E-state index < -0.39 is 0 Å². The maximum Gasteiger partial charge on any atom is 0.256 e. The third-order valence-electron chi connectivity index (χ3n) is 2.92. The van der Waals surface area contributed by atoms with Gasteiger partial charge in [0.15, 0.2) is 11.6 Å². The molecule has 0 bridgehead atoms. The molecule has 0 saturated carbocycles. The average molecular weight is 319 g/mol. The predicted molar refractivity (Wildman–Crippen MR) is 79.8 cm³/mol. The maximum absolute atomic E-state index is 12.9. The SMILES string of the molecule is CCCc1noc(CSc2ncc(-c3ccc(F)cc3)o2)n1. The monoisotopic (exact) mass is 319 g/mol. The van der Waals surface area contributed by atoms with Crippen LogP contribution in [-0.2, 0) is 12.2 Å². The first-order chi connectivity index (χ1) is 10.7. The van der Waals surface area contributed by atoms with Crippen molar-refractivity contribution < 1.29 is 13.3 Å². The number of hydrogen-bond acceptors (Lipinski definition) is 6. The second-order valence-electron chi connectivity index (χ2n) is 4.64. The van der Waals surface area contributed by atoms with Crippen LogP contribution in [0.4, 0.5) is 4.39 Å². The molecular formula is C15H14FN3O2S. The van der Waals surface area contributed by atoms with Gasteiger partial charge < -0.3 is 8.94 Å². The van der Waals surface area contributed by atoms with E-state index >= 15 is 0 Å². The van der Waals surface area contributed by atoms with E-state index in [0.717, 1.165) is 24.2 Å². The van der Waals surface area contributed by atoms with Crippen LogP contribution in [0.25, 0.3) is 11.3 Å². The standard InChI is InChI=1S/C15H14FN3O2S/c1-2-3-13-18-14(21-19-13)9-22-15-17-8-12(20-15)10-4-6-11(16)7-5-10/h4-8H,2-3,9H2,1H3. The summed E-state index contributed by atoms with van der Waals surface area (Å²) >= 11 is 1.38. The Hall–Kier alpha value is -2.15. The number of aryl methyl sites for hydroxylation is 1. The Morgan fingerprint density at radius 3 is 2.82 bits per heavy atom. The third kappa shape index (κ3) is 3.54. The molecule has 2 heterocycles. The molecule has 0 aliphatic heterocycles. The molecule has 0 N–H and O–H groups in total. The summed E-state index contributed by atoms with van der Waals surface area (Å²) < 4.78 is 23.7.